The number of hydrogen-bond donors (Lipinski definition) is 0. The molecule has 5 heterocycles. The zero-order valence-electron chi connectivity index (χ0n) is 17.8. The van der Waals surface area contributed by atoms with Crippen molar-refractivity contribution in [3.8, 4) is 11.5 Å². The second kappa shape index (κ2) is 6.01. The van der Waals surface area contributed by atoms with Crippen molar-refractivity contribution >= 4 is 11.6 Å². The Kier molecular flexibility index (Phi) is 3.79. The summed E-state index contributed by atoms with van der Waals surface area (Å²) in [7, 11) is 3.26. The second-order valence-electron chi connectivity index (χ2n) is 9.85. The molecule has 3 saturated heterocycles. The fourth-order valence-electron chi connectivity index (χ4n) is 8.13. The first-order chi connectivity index (χ1) is 14.5. The maximum absolute atomic E-state index is 14.1. The number of carbonyl (C=O) groups is 1. The van der Waals surface area contributed by atoms with Gasteiger partial charge in [-0.1, -0.05) is 6.08 Å². The fourth-order valence-corrected chi connectivity index (χ4v) is 8.13. The summed E-state index contributed by atoms with van der Waals surface area (Å²) >= 11 is 0. The van der Waals surface area contributed by atoms with Gasteiger partial charge in [0.1, 0.15) is 12.6 Å². The standard InChI is InChI=1S/C23H26N2O5.H2O/c1-28-16-8-14-15(9-17(16)29-2)24-20(26)10-18-21-13-7-19-23(14,22(21)24)4-5-25(19,27)11-12(13)3-6-30-18;/h3,8-9,13,18-19,21-22H,4-7,10-11H2,1-2H3;1H2/t13-,18-,19-,21-,22-,23+,25?;/m0./s1. The summed E-state index contributed by atoms with van der Waals surface area (Å²) in [5.74, 6) is 1.98. The number of anilines is 1. The zero-order valence-corrected chi connectivity index (χ0v) is 17.8. The van der Waals surface area contributed by atoms with Crippen LogP contribution < -0.4 is 14.4 Å². The average molecular weight is 428 g/mol. The minimum absolute atomic E-state index is 0. The molecule has 4 fully saturated rings. The van der Waals surface area contributed by atoms with E-state index in [-0.39, 0.29) is 45.6 Å². The number of quaternary nitrogens is 1. The summed E-state index contributed by atoms with van der Waals surface area (Å²) < 4.78 is 17.3. The van der Waals surface area contributed by atoms with Crippen LogP contribution in [0.4, 0.5) is 5.69 Å². The minimum atomic E-state index is -0.328. The predicted molar refractivity (Wildman–Crippen MR) is 112 cm³/mol. The van der Waals surface area contributed by atoms with Crippen molar-refractivity contribution in [2.45, 2.75) is 42.9 Å². The van der Waals surface area contributed by atoms with Crippen LogP contribution in [0.5, 0.6) is 11.5 Å². The summed E-state index contributed by atoms with van der Waals surface area (Å²) in [6, 6.07) is 3.96. The number of carbonyl (C=O) groups excluding carboxylic acids is 1. The number of hydrogen-bond acceptors (Lipinski definition) is 5. The molecule has 6 aliphatic rings. The Morgan fingerprint density at radius 3 is 2.81 bits per heavy atom. The number of hydroxylamine groups is 3. The number of piperidine rings is 2. The van der Waals surface area contributed by atoms with Gasteiger partial charge in [-0.15, -0.1) is 0 Å². The van der Waals surface area contributed by atoms with E-state index in [4.69, 9.17) is 14.2 Å². The number of ether oxygens (including phenoxy) is 3. The summed E-state index contributed by atoms with van der Waals surface area (Å²) in [5, 5.41) is 14.1. The van der Waals surface area contributed by atoms with Crippen LogP contribution in [0.3, 0.4) is 0 Å². The van der Waals surface area contributed by atoms with Crippen molar-refractivity contribution in [3.63, 3.8) is 0 Å². The maximum atomic E-state index is 14.1. The van der Waals surface area contributed by atoms with Crippen molar-refractivity contribution in [1.29, 1.82) is 0 Å². The van der Waals surface area contributed by atoms with E-state index in [0.29, 0.717) is 43.5 Å². The second-order valence-corrected chi connectivity index (χ2v) is 9.85. The molecule has 8 heteroatoms. The lowest BCUT2D eigenvalue weighted by molar-refractivity contribution is -0.896. The highest BCUT2D eigenvalue weighted by Crippen LogP contribution is 2.68. The Balaban J connectivity index is 0.00000185. The summed E-state index contributed by atoms with van der Waals surface area (Å²) in [6.07, 6.45) is 4.18. The molecule has 166 valence electrons. The number of nitrogens with zero attached hydrogens (tertiary/aromatic N) is 2. The average Bonchev–Trinajstić information content (AvgIpc) is 3.15. The fraction of sp³-hybridized carbons (Fsp3) is 0.609. The molecule has 1 spiro atoms. The van der Waals surface area contributed by atoms with Gasteiger partial charge in [-0.25, -0.2) is 0 Å². The highest BCUT2D eigenvalue weighted by atomic mass is 16.6. The first-order valence-corrected chi connectivity index (χ1v) is 11.0. The van der Waals surface area contributed by atoms with E-state index in [9.17, 15) is 10.0 Å². The SMILES string of the molecule is COc1cc2c(cc1OC)[C@@]13CC[N+]4([O-])CC5=CCO[C@H]6CC(=O)N2[C@H]1[C@H]6[C@H]5C[C@@H]34.O. The molecule has 31 heavy (non-hydrogen) atoms. The molecule has 2 N–H and O–H groups in total. The number of rotatable bonds is 2. The van der Waals surface area contributed by atoms with Crippen LogP contribution in [0, 0.1) is 17.0 Å². The third kappa shape index (κ3) is 2.03. The first kappa shape index (κ1) is 19.5. The van der Waals surface area contributed by atoms with Crippen molar-refractivity contribution in [2.75, 3.05) is 38.8 Å². The van der Waals surface area contributed by atoms with Gasteiger partial charge >= 0.3 is 0 Å². The number of fused-ring (bicyclic) bond motifs is 2. The molecular weight excluding hydrogens is 400 g/mol. The van der Waals surface area contributed by atoms with E-state index in [0.717, 1.165) is 24.1 Å². The number of amides is 1. The highest BCUT2D eigenvalue weighted by Gasteiger charge is 2.74. The molecular formula is C23H28N2O6. The van der Waals surface area contributed by atoms with E-state index in [1.54, 1.807) is 14.2 Å². The summed E-state index contributed by atoms with van der Waals surface area (Å²) in [6.45, 7) is 1.70. The molecule has 0 radical (unpaired) electrons. The van der Waals surface area contributed by atoms with E-state index >= 15 is 0 Å². The molecule has 7 atom stereocenters. The van der Waals surface area contributed by atoms with Crippen LogP contribution in [0.2, 0.25) is 0 Å². The van der Waals surface area contributed by atoms with Gasteiger partial charge in [-0.2, -0.15) is 0 Å². The summed E-state index contributed by atoms with van der Waals surface area (Å²) in [5.41, 5.74) is 2.96. The molecule has 7 rings (SSSR count). The van der Waals surface area contributed by atoms with Crippen LogP contribution in [0.15, 0.2) is 23.8 Å². The van der Waals surface area contributed by atoms with Crippen LogP contribution in [-0.4, -0.2) is 68.1 Å². The minimum Gasteiger partial charge on any atom is -0.632 e. The Labute approximate surface area is 180 Å². The van der Waals surface area contributed by atoms with Crippen LogP contribution in [-0.2, 0) is 14.9 Å². The molecule has 1 unspecified atom stereocenters. The van der Waals surface area contributed by atoms with Gasteiger partial charge in [0, 0.05) is 24.8 Å². The molecule has 8 nitrogen and oxygen atoms in total. The first-order valence-electron chi connectivity index (χ1n) is 11.0. The number of methoxy groups -OCH3 is 2. The number of benzene rings is 1. The molecule has 1 aromatic rings. The van der Waals surface area contributed by atoms with Crippen molar-refractivity contribution in [1.82, 2.24) is 0 Å². The Hall–Kier alpha value is -2.13. The van der Waals surface area contributed by atoms with E-state index < -0.39 is 0 Å². The third-order valence-corrected chi connectivity index (χ3v) is 9.10. The predicted octanol–water partition coefficient (Wildman–Crippen LogP) is 1.30. The largest absolute Gasteiger partial charge is 0.632 e. The van der Waals surface area contributed by atoms with E-state index in [1.807, 2.05) is 17.0 Å². The van der Waals surface area contributed by atoms with Gasteiger partial charge in [-0.05, 0) is 23.1 Å². The highest BCUT2D eigenvalue weighted by molar-refractivity contribution is 5.99. The normalized spacial score (nSPS) is 42.9. The molecule has 0 aromatic heterocycles. The van der Waals surface area contributed by atoms with Crippen LogP contribution >= 0.6 is 0 Å². The Morgan fingerprint density at radius 2 is 2.03 bits per heavy atom. The van der Waals surface area contributed by atoms with Crippen LogP contribution in [0.1, 0.15) is 24.8 Å². The van der Waals surface area contributed by atoms with Gasteiger partial charge in [0.15, 0.2) is 11.5 Å². The van der Waals surface area contributed by atoms with Gasteiger partial charge in [-0.3, -0.25) is 4.79 Å². The van der Waals surface area contributed by atoms with Crippen molar-refractivity contribution in [2.24, 2.45) is 11.8 Å². The lowest BCUT2D eigenvalue weighted by atomic mass is 9.53. The van der Waals surface area contributed by atoms with Gasteiger partial charge in [0.25, 0.3) is 0 Å². The topological polar surface area (TPSA) is 103 Å². The molecule has 1 amide bonds. The monoisotopic (exact) mass is 428 g/mol. The third-order valence-electron chi connectivity index (χ3n) is 9.10. The quantitative estimate of drug-likeness (QED) is 0.401. The van der Waals surface area contributed by atoms with E-state index in [2.05, 4.69) is 6.08 Å². The van der Waals surface area contributed by atoms with Gasteiger partial charge in [0.05, 0.1) is 57.0 Å². The van der Waals surface area contributed by atoms with Crippen molar-refractivity contribution < 1.29 is 29.1 Å². The Morgan fingerprint density at radius 1 is 1.26 bits per heavy atom. The van der Waals surface area contributed by atoms with Crippen LogP contribution in [0.25, 0.3) is 0 Å². The van der Waals surface area contributed by atoms with Gasteiger partial charge in [0.2, 0.25) is 5.91 Å². The zero-order chi connectivity index (χ0) is 20.4. The lowest BCUT2D eigenvalue weighted by Gasteiger charge is -2.61. The smallest absolute Gasteiger partial charge is 0.229 e. The molecule has 1 saturated carbocycles. The molecule has 5 aliphatic heterocycles. The van der Waals surface area contributed by atoms with Gasteiger partial charge < -0.3 is 34.4 Å². The Bertz CT molecular complexity index is 1030. The van der Waals surface area contributed by atoms with E-state index in [1.165, 1.54) is 5.57 Å². The molecule has 1 aliphatic carbocycles. The lowest BCUT2D eigenvalue weighted by Crippen LogP contribution is -2.71. The molecule has 1 aromatic carbocycles. The molecule has 2 bridgehead atoms. The van der Waals surface area contributed by atoms with Crippen molar-refractivity contribution in [3.05, 3.63) is 34.6 Å². The maximum Gasteiger partial charge on any atom is 0.229 e. The summed E-state index contributed by atoms with van der Waals surface area (Å²) in [4.78, 5) is 15.5.